The quantitative estimate of drug-likeness (QED) is 0.806. The van der Waals surface area contributed by atoms with Crippen LogP contribution < -0.4 is 9.46 Å². The fourth-order valence-electron chi connectivity index (χ4n) is 1.44. The first kappa shape index (κ1) is 18.6. The number of carboxylic acids is 1. The van der Waals surface area contributed by atoms with Gasteiger partial charge in [0, 0.05) is 11.4 Å². The normalized spacial score (nSPS) is 15.2. The fourth-order valence-corrected chi connectivity index (χ4v) is 2.24. The zero-order valence-electron chi connectivity index (χ0n) is 12.1. The van der Waals surface area contributed by atoms with E-state index in [0.717, 1.165) is 12.1 Å². The molecule has 0 aliphatic heterocycles. The minimum absolute atomic E-state index is 0.00634. The summed E-state index contributed by atoms with van der Waals surface area (Å²) in [6.07, 6.45) is -4.88. The van der Waals surface area contributed by atoms with Gasteiger partial charge in [-0.05, 0) is 38.5 Å². The molecule has 0 spiro atoms. The number of rotatable bonds is 5. The van der Waals surface area contributed by atoms with Crippen LogP contribution >= 0.6 is 0 Å². The second-order valence-electron chi connectivity index (χ2n) is 5.39. The number of halogens is 3. The number of benzene rings is 1. The zero-order chi connectivity index (χ0) is 17.1. The topological polar surface area (TPSA) is 81.6 Å². The first-order chi connectivity index (χ1) is 9.90. The smallest absolute Gasteiger partial charge is 0.573 e. The average molecular weight is 339 g/mol. The van der Waals surface area contributed by atoms with E-state index in [1.165, 1.54) is 12.1 Å². The Kier molecular flexibility index (Phi) is 5.71. The van der Waals surface area contributed by atoms with Gasteiger partial charge in [-0.3, -0.25) is 0 Å². The molecule has 1 aromatic rings. The average Bonchev–Trinajstić information content (AvgIpc) is 2.32. The minimum Gasteiger partial charge on any atom is -0.598 e. The molecule has 0 aliphatic carbocycles. The molecule has 2 atom stereocenters. The van der Waals surface area contributed by atoms with Crippen molar-refractivity contribution in [1.82, 2.24) is 4.72 Å². The summed E-state index contributed by atoms with van der Waals surface area (Å²) in [4.78, 5) is 11.3. The molecule has 0 aromatic heterocycles. The van der Waals surface area contributed by atoms with Crippen molar-refractivity contribution in [2.75, 3.05) is 0 Å². The molecule has 1 rings (SSSR count). The lowest BCUT2D eigenvalue weighted by molar-refractivity contribution is -0.274. The van der Waals surface area contributed by atoms with Crippen molar-refractivity contribution in [3.8, 4) is 5.75 Å². The number of hydrogen-bond acceptors (Lipinski definition) is 4. The number of aliphatic carboxylic acids is 1. The molecule has 0 radical (unpaired) electrons. The predicted octanol–water partition coefficient (Wildman–Crippen LogP) is 2.76. The second-order valence-corrected chi connectivity index (χ2v) is 7.39. The molecule has 0 aliphatic rings. The highest BCUT2D eigenvalue weighted by molar-refractivity contribution is 7.90. The maximum atomic E-state index is 12.2. The van der Waals surface area contributed by atoms with Gasteiger partial charge in [0.2, 0.25) is 0 Å². The van der Waals surface area contributed by atoms with Crippen molar-refractivity contribution in [1.29, 1.82) is 0 Å². The largest absolute Gasteiger partial charge is 0.598 e. The summed E-state index contributed by atoms with van der Waals surface area (Å²) in [6, 6.07) is 3.12. The highest BCUT2D eigenvalue weighted by atomic mass is 32.2. The second kappa shape index (κ2) is 6.76. The number of hydrogen-bond donors (Lipinski definition) is 2. The molecule has 0 saturated heterocycles. The Bertz CT molecular complexity index is 531. The van der Waals surface area contributed by atoms with Crippen molar-refractivity contribution in [3.05, 3.63) is 29.8 Å². The number of carbonyl (C=O) groups is 1. The summed E-state index contributed by atoms with van der Waals surface area (Å²) in [5.74, 6) is -1.90. The predicted molar refractivity (Wildman–Crippen MR) is 74.5 cm³/mol. The third kappa shape index (κ3) is 5.74. The van der Waals surface area contributed by atoms with Crippen molar-refractivity contribution >= 4 is 17.3 Å². The molecule has 2 N–H and O–H groups in total. The fraction of sp³-hybridized carbons (Fsp3) is 0.462. The molecule has 0 saturated carbocycles. The van der Waals surface area contributed by atoms with Crippen LogP contribution in [0.15, 0.2) is 24.3 Å². The molecule has 124 valence electrons. The molecular weight excluding hydrogens is 323 g/mol. The molecule has 0 heterocycles. The molecule has 0 fully saturated rings. The van der Waals surface area contributed by atoms with Crippen LogP contribution in [0.3, 0.4) is 0 Å². The van der Waals surface area contributed by atoms with E-state index in [9.17, 15) is 27.6 Å². The Labute approximate surface area is 128 Å². The first-order valence-electron chi connectivity index (χ1n) is 6.17. The number of nitrogens with one attached hydrogen (secondary N) is 1. The van der Waals surface area contributed by atoms with Gasteiger partial charge in [0.05, 0.1) is 0 Å². The maximum Gasteiger partial charge on any atom is 0.573 e. The van der Waals surface area contributed by atoms with Gasteiger partial charge >= 0.3 is 12.3 Å². The Morgan fingerprint density at radius 3 is 2.41 bits per heavy atom. The number of alkyl halides is 3. The lowest BCUT2D eigenvalue weighted by atomic mass is 10.1. The molecule has 0 bridgehead atoms. The van der Waals surface area contributed by atoms with E-state index in [0.29, 0.717) is 0 Å². The number of carboxylic acid groups (broad SMARTS) is 1. The highest BCUT2D eigenvalue weighted by Gasteiger charge is 2.34. The monoisotopic (exact) mass is 339 g/mol. The van der Waals surface area contributed by atoms with Gasteiger partial charge in [0.15, 0.2) is 6.04 Å². The van der Waals surface area contributed by atoms with E-state index in [1.54, 1.807) is 20.8 Å². The van der Waals surface area contributed by atoms with Gasteiger partial charge in [0.1, 0.15) is 10.5 Å². The first-order valence-corrected chi connectivity index (χ1v) is 7.32. The molecule has 22 heavy (non-hydrogen) atoms. The number of ether oxygens (including phenoxy) is 1. The Balaban J connectivity index is 3.02. The summed E-state index contributed by atoms with van der Waals surface area (Å²) >= 11 is -1.71. The summed E-state index contributed by atoms with van der Waals surface area (Å²) in [5, 5.41) is 9.20. The van der Waals surface area contributed by atoms with Gasteiger partial charge in [-0.1, -0.05) is 12.1 Å². The summed E-state index contributed by atoms with van der Waals surface area (Å²) in [7, 11) is 0. The van der Waals surface area contributed by atoms with E-state index < -0.39 is 40.2 Å². The highest BCUT2D eigenvalue weighted by Crippen LogP contribution is 2.27. The zero-order valence-corrected chi connectivity index (χ0v) is 12.9. The lowest BCUT2D eigenvalue weighted by Gasteiger charge is -2.26. The van der Waals surface area contributed by atoms with Crippen LogP contribution in [0.1, 0.15) is 32.4 Å². The van der Waals surface area contributed by atoms with E-state index in [-0.39, 0.29) is 5.56 Å². The van der Waals surface area contributed by atoms with Gasteiger partial charge in [0.25, 0.3) is 0 Å². The van der Waals surface area contributed by atoms with Crippen molar-refractivity contribution < 1.29 is 32.4 Å². The van der Waals surface area contributed by atoms with Crippen LogP contribution in [0.4, 0.5) is 13.2 Å². The van der Waals surface area contributed by atoms with Crippen LogP contribution in [0.2, 0.25) is 0 Å². The molecule has 0 amide bonds. The summed E-state index contributed by atoms with van der Waals surface area (Å²) < 4.78 is 54.0. The van der Waals surface area contributed by atoms with Crippen LogP contribution in [0.5, 0.6) is 5.75 Å². The van der Waals surface area contributed by atoms with Crippen LogP contribution in [-0.2, 0) is 16.2 Å². The van der Waals surface area contributed by atoms with Gasteiger partial charge < -0.3 is 14.4 Å². The van der Waals surface area contributed by atoms with E-state index in [4.69, 9.17) is 0 Å². The molecule has 1 aromatic carbocycles. The van der Waals surface area contributed by atoms with Gasteiger partial charge in [-0.2, -0.15) is 0 Å². The maximum absolute atomic E-state index is 12.2. The van der Waals surface area contributed by atoms with Crippen molar-refractivity contribution in [3.63, 3.8) is 0 Å². The SMILES string of the molecule is CC(C)(C)[S@+]([O-])NC(C(=O)O)c1cccc(OC(F)(F)F)c1. The Morgan fingerprint density at radius 2 is 1.95 bits per heavy atom. The Hall–Kier alpha value is -1.45. The lowest BCUT2D eigenvalue weighted by Crippen LogP contribution is -2.43. The van der Waals surface area contributed by atoms with Gasteiger partial charge in [-0.15, -0.1) is 17.9 Å². The third-order valence-electron chi connectivity index (χ3n) is 2.45. The standard InChI is InChI=1S/C13H16F3NO4S/c1-12(2,3)22(20)17-10(11(18)19)8-5-4-6-9(7-8)21-13(14,15)16/h4-7,10,17H,1-3H3,(H,18,19)/t10?,22-/m0/s1. The molecule has 5 nitrogen and oxygen atoms in total. The molecule has 1 unspecified atom stereocenters. The van der Waals surface area contributed by atoms with Crippen molar-refractivity contribution in [2.45, 2.75) is 37.9 Å². The van der Waals surface area contributed by atoms with E-state index in [2.05, 4.69) is 9.46 Å². The third-order valence-corrected chi connectivity index (χ3v) is 4.02. The Morgan fingerprint density at radius 1 is 1.36 bits per heavy atom. The van der Waals surface area contributed by atoms with Crippen LogP contribution in [0, 0.1) is 0 Å². The minimum atomic E-state index is -4.88. The molecular formula is C13H16F3NO4S. The van der Waals surface area contributed by atoms with Crippen molar-refractivity contribution in [2.24, 2.45) is 0 Å². The van der Waals surface area contributed by atoms with E-state index in [1.807, 2.05) is 0 Å². The summed E-state index contributed by atoms with van der Waals surface area (Å²) in [5.41, 5.74) is 0.00634. The van der Waals surface area contributed by atoms with Crippen LogP contribution in [0.25, 0.3) is 0 Å². The van der Waals surface area contributed by atoms with Crippen LogP contribution in [-0.4, -0.2) is 26.7 Å². The molecule has 9 heteroatoms. The van der Waals surface area contributed by atoms with E-state index >= 15 is 0 Å². The summed E-state index contributed by atoms with van der Waals surface area (Å²) in [6.45, 7) is 4.91. The van der Waals surface area contributed by atoms with Gasteiger partial charge in [-0.25, -0.2) is 4.79 Å².